The molecule has 20 heavy (non-hydrogen) atoms. The van der Waals surface area contributed by atoms with E-state index < -0.39 is 5.60 Å². The van der Waals surface area contributed by atoms with E-state index in [1.165, 1.54) is 6.07 Å². The molecular formula is C14H19N3O3. The number of aromatic nitrogens is 2. The Balaban J connectivity index is 2.39. The van der Waals surface area contributed by atoms with Crippen LogP contribution in [-0.4, -0.2) is 22.4 Å². The Bertz CT molecular complexity index is 583. The lowest BCUT2D eigenvalue weighted by atomic mass is 9.96. The molecule has 0 aliphatic carbocycles. The maximum Gasteiger partial charge on any atom is 0.258 e. The molecule has 2 aromatic rings. The summed E-state index contributed by atoms with van der Waals surface area (Å²) < 4.78 is 10.8. The van der Waals surface area contributed by atoms with E-state index in [-0.39, 0.29) is 5.75 Å². The normalized spacial score (nSPS) is 11.8. The molecule has 108 valence electrons. The van der Waals surface area contributed by atoms with Crippen LogP contribution in [0.4, 0.5) is 5.69 Å². The Hall–Kier alpha value is -2.08. The van der Waals surface area contributed by atoms with Gasteiger partial charge >= 0.3 is 0 Å². The first-order valence-electron chi connectivity index (χ1n) is 6.54. The van der Waals surface area contributed by atoms with Crippen LogP contribution in [0.3, 0.4) is 0 Å². The standard InChI is InChI=1S/C14H19N3O3/c1-4-14(5-2,19-3)13-16-12(20-17-13)9-6-7-10(15)11(18)8-9/h6-8,18H,4-5,15H2,1-3H3. The molecule has 1 aromatic heterocycles. The van der Waals surface area contributed by atoms with Crippen molar-refractivity contribution in [3.63, 3.8) is 0 Å². The van der Waals surface area contributed by atoms with Crippen LogP contribution < -0.4 is 5.73 Å². The van der Waals surface area contributed by atoms with Crippen LogP contribution in [-0.2, 0) is 10.3 Å². The van der Waals surface area contributed by atoms with Gasteiger partial charge in [0.05, 0.1) is 5.69 Å². The summed E-state index contributed by atoms with van der Waals surface area (Å²) in [6.07, 6.45) is 1.48. The summed E-state index contributed by atoms with van der Waals surface area (Å²) in [5, 5.41) is 13.6. The summed E-state index contributed by atoms with van der Waals surface area (Å²) in [6, 6.07) is 4.81. The molecule has 0 amide bonds. The van der Waals surface area contributed by atoms with E-state index in [2.05, 4.69) is 10.1 Å². The van der Waals surface area contributed by atoms with E-state index in [9.17, 15) is 5.11 Å². The predicted molar refractivity (Wildman–Crippen MR) is 75.1 cm³/mol. The minimum absolute atomic E-state index is 0.00811. The number of methoxy groups -OCH3 is 1. The van der Waals surface area contributed by atoms with Crippen molar-refractivity contribution in [2.75, 3.05) is 12.8 Å². The third-order valence-electron chi connectivity index (χ3n) is 3.64. The summed E-state index contributed by atoms with van der Waals surface area (Å²) in [5.74, 6) is 0.834. The van der Waals surface area contributed by atoms with Crippen molar-refractivity contribution in [1.82, 2.24) is 10.1 Å². The average molecular weight is 277 g/mol. The summed E-state index contributed by atoms with van der Waals surface area (Å²) in [5.41, 5.74) is 5.95. The number of aromatic hydroxyl groups is 1. The zero-order valence-electron chi connectivity index (χ0n) is 11.9. The zero-order valence-corrected chi connectivity index (χ0v) is 11.9. The van der Waals surface area contributed by atoms with Gasteiger partial charge < -0.3 is 20.1 Å². The van der Waals surface area contributed by atoms with Crippen molar-refractivity contribution in [3.05, 3.63) is 24.0 Å². The number of hydrogen-bond donors (Lipinski definition) is 2. The van der Waals surface area contributed by atoms with E-state index in [4.69, 9.17) is 15.0 Å². The van der Waals surface area contributed by atoms with Gasteiger partial charge in [0.15, 0.2) is 0 Å². The van der Waals surface area contributed by atoms with Gasteiger partial charge in [-0.1, -0.05) is 19.0 Å². The fourth-order valence-corrected chi connectivity index (χ4v) is 2.15. The van der Waals surface area contributed by atoms with E-state index in [1.54, 1.807) is 19.2 Å². The quantitative estimate of drug-likeness (QED) is 0.644. The van der Waals surface area contributed by atoms with Gasteiger partial charge in [0.1, 0.15) is 11.4 Å². The van der Waals surface area contributed by atoms with Crippen molar-refractivity contribution >= 4 is 5.69 Å². The first-order valence-corrected chi connectivity index (χ1v) is 6.54. The number of phenolic OH excluding ortho intramolecular Hbond substituents is 1. The highest BCUT2D eigenvalue weighted by molar-refractivity contribution is 5.63. The average Bonchev–Trinajstić information content (AvgIpc) is 2.95. The second kappa shape index (κ2) is 5.50. The SMILES string of the molecule is CCC(CC)(OC)c1noc(-c2ccc(N)c(O)c2)n1. The molecule has 0 saturated heterocycles. The molecule has 0 aliphatic rings. The number of hydrogen-bond acceptors (Lipinski definition) is 6. The molecule has 0 spiro atoms. The second-order valence-corrected chi connectivity index (χ2v) is 4.60. The van der Waals surface area contributed by atoms with Crippen LogP contribution in [0.25, 0.3) is 11.5 Å². The van der Waals surface area contributed by atoms with E-state index >= 15 is 0 Å². The molecule has 6 heteroatoms. The van der Waals surface area contributed by atoms with Gasteiger partial charge in [-0.2, -0.15) is 4.98 Å². The van der Waals surface area contributed by atoms with Crippen LogP contribution in [0.5, 0.6) is 5.75 Å². The molecular weight excluding hydrogens is 258 g/mol. The van der Waals surface area contributed by atoms with Gasteiger partial charge in [-0.15, -0.1) is 0 Å². The lowest BCUT2D eigenvalue weighted by Gasteiger charge is -2.25. The molecule has 0 bridgehead atoms. The Morgan fingerprint density at radius 1 is 1.35 bits per heavy atom. The van der Waals surface area contributed by atoms with Gasteiger partial charge in [-0.05, 0) is 31.0 Å². The van der Waals surface area contributed by atoms with Gasteiger partial charge in [0, 0.05) is 12.7 Å². The lowest BCUT2D eigenvalue weighted by molar-refractivity contribution is -0.0306. The summed E-state index contributed by atoms with van der Waals surface area (Å²) >= 11 is 0. The smallest absolute Gasteiger partial charge is 0.258 e. The van der Waals surface area contributed by atoms with Gasteiger partial charge in [-0.25, -0.2) is 0 Å². The minimum Gasteiger partial charge on any atom is -0.506 e. The number of nitrogens with zero attached hydrogens (tertiary/aromatic N) is 2. The Kier molecular flexibility index (Phi) is 3.94. The number of ether oxygens (including phenoxy) is 1. The summed E-state index contributed by atoms with van der Waals surface area (Å²) in [7, 11) is 1.64. The van der Waals surface area contributed by atoms with Crippen molar-refractivity contribution in [1.29, 1.82) is 0 Å². The molecule has 3 N–H and O–H groups in total. The van der Waals surface area contributed by atoms with Crippen LogP contribution in [0.1, 0.15) is 32.5 Å². The van der Waals surface area contributed by atoms with E-state index in [1.807, 2.05) is 13.8 Å². The van der Waals surface area contributed by atoms with Gasteiger partial charge in [-0.3, -0.25) is 0 Å². The maximum atomic E-state index is 9.63. The number of nitrogen functional groups attached to an aromatic ring is 1. The summed E-state index contributed by atoms with van der Waals surface area (Å²) in [6.45, 7) is 4.02. The van der Waals surface area contributed by atoms with E-state index in [0.717, 1.165) is 12.8 Å². The highest BCUT2D eigenvalue weighted by Gasteiger charge is 2.33. The predicted octanol–water partition coefficient (Wildman–Crippen LogP) is 2.69. The molecule has 1 heterocycles. The molecule has 6 nitrogen and oxygen atoms in total. The maximum absolute atomic E-state index is 9.63. The fraction of sp³-hybridized carbons (Fsp3) is 0.429. The van der Waals surface area contributed by atoms with Crippen molar-refractivity contribution in [2.24, 2.45) is 0 Å². The molecule has 1 aromatic carbocycles. The highest BCUT2D eigenvalue weighted by Crippen LogP contribution is 2.33. The van der Waals surface area contributed by atoms with Crippen molar-refractivity contribution in [2.45, 2.75) is 32.3 Å². The molecule has 0 aliphatic heterocycles. The minimum atomic E-state index is -0.544. The Morgan fingerprint density at radius 3 is 2.60 bits per heavy atom. The van der Waals surface area contributed by atoms with Crippen LogP contribution >= 0.6 is 0 Å². The molecule has 0 radical (unpaired) electrons. The number of phenols is 1. The lowest BCUT2D eigenvalue weighted by Crippen LogP contribution is -2.28. The third-order valence-corrected chi connectivity index (χ3v) is 3.64. The zero-order chi connectivity index (χ0) is 14.8. The fourth-order valence-electron chi connectivity index (χ4n) is 2.15. The number of nitrogens with two attached hydrogens (primary N) is 1. The van der Waals surface area contributed by atoms with Crippen molar-refractivity contribution < 1.29 is 14.4 Å². The molecule has 2 rings (SSSR count). The Labute approximate surface area is 117 Å². The van der Waals surface area contributed by atoms with Crippen molar-refractivity contribution in [3.8, 4) is 17.2 Å². The number of anilines is 1. The molecule has 0 saturated carbocycles. The topological polar surface area (TPSA) is 94.4 Å². The van der Waals surface area contributed by atoms with E-state index in [0.29, 0.717) is 23.0 Å². The number of rotatable bonds is 5. The monoisotopic (exact) mass is 277 g/mol. The molecule has 0 unspecified atom stereocenters. The summed E-state index contributed by atoms with van der Waals surface area (Å²) in [4.78, 5) is 4.38. The van der Waals surface area contributed by atoms with Gasteiger partial charge in [0.2, 0.25) is 5.82 Å². The first-order chi connectivity index (χ1) is 9.56. The third kappa shape index (κ3) is 2.34. The molecule has 0 fully saturated rings. The van der Waals surface area contributed by atoms with Gasteiger partial charge in [0.25, 0.3) is 5.89 Å². The molecule has 0 atom stereocenters. The van der Waals surface area contributed by atoms with Crippen LogP contribution in [0, 0.1) is 0 Å². The number of benzene rings is 1. The Morgan fingerprint density at radius 2 is 2.05 bits per heavy atom. The van der Waals surface area contributed by atoms with Crippen LogP contribution in [0.2, 0.25) is 0 Å². The van der Waals surface area contributed by atoms with Crippen LogP contribution in [0.15, 0.2) is 22.7 Å². The largest absolute Gasteiger partial charge is 0.506 e. The highest BCUT2D eigenvalue weighted by atomic mass is 16.5. The first kappa shape index (κ1) is 14.3. The second-order valence-electron chi connectivity index (χ2n) is 4.60.